The van der Waals surface area contributed by atoms with E-state index in [0.29, 0.717) is 24.3 Å². The van der Waals surface area contributed by atoms with Gasteiger partial charge in [0.15, 0.2) is 29.4 Å². The molecule has 2 radical (unpaired) electrons. The Hall–Kier alpha value is -2.20. The van der Waals surface area contributed by atoms with E-state index in [4.69, 9.17) is 17.5 Å². The normalized spacial score (nSPS) is 18.6. The number of piperidine rings is 1. The third kappa shape index (κ3) is 4.38. The molecule has 0 amide bonds. The SMILES string of the molecule is [B]N1CCC(Oc2ncnc(Oc3ccc(S(=O)(=O)C4CC4)cc3F)c2C)CC1. The van der Waals surface area contributed by atoms with Gasteiger partial charge in [0.25, 0.3) is 0 Å². The monoisotopic (exact) mass is 417 g/mol. The maximum Gasteiger partial charge on any atom is 0.229 e. The van der Waals surface area contributed by atoms with Crippen molar-refractivity contribution in [3.05, 3.63) is 35.9 Å². The van der Waals surface area contributed by atoms with E-state index >= 15 is 0 Å². The van der Waals surface area contributed by atoms with Gasteiger partial charge in [-0.1, -0.05) is 0 Å². The Morgan fingerprint density at radius 2 is 1.83 bits per heavy atom. The molecule has 1 saturated heterocycles. The Morgan fingerprint density at radius 1 is 1.14 bits per heavy atom. The van der Waals surface area contributed by atoms with E-state index in [1.165, 1.54) is 18.5 Å². The molecule has 0 atom stereocenters. The van der Waals surface area contributed by atoms with Crippen molar-refractivity contribution in [1.29, 1.82) is 0 Å². The maximum atomic E-state index is 14.5. The van der Waals surface area contributed by atoms with Crippen LogP contribution in [0.3, 0.4) is 0 Å². The number of aromatic nitrogens is 2. The Bertz CT molecular complexity index is 1010. The van der Waals surface area contributed by atoms with Crippen LogP contribution in [-0.4, -0.2) is 55.6 Å². The number of benzene rings is 1. The van der Waals surface area contributed by atoms with Gasteiger partial charge in [0.2, 0.25) is 11.8 Å². The molecule has 4 rings (SSSR count). The van der Waals surface area contributed by atoms with E-state index in [1.54, 1.807) is 11.7 Å². The van der Waals surface area contributed by atoms with Crippen LogP contribution in [0.25, 0.3) is 0 Å². The molecular formula is C19H21BFN3O4S. The quantitative estimate of drug-likeness (QED) is 0.669. The van der Waals surface area contributed by atoms with E-state index in [9.17, 15) is 12.8 Å². The van der Waals surface area contributed by atoms with E-state index in [2.05, 4.69) is 9.97 Å². The van der Waals surface area contributed by atoms with Crippen molar-refractivity contribution < 1.29 is 22.3 Å². The highest BCUT2D eigenvalue weighted by molar-refractivity contribution is 7.92. The molecule has 0 unspecified atom stereocenters. The second-order valence-electron chi connectivity index (χ2n) is 7.40. The topological polar surface area (TPSA) is 81.6 Å². The van der Waals surface area contributed by atoms with Crippen LogP contribution in [0.2, 0.25) is 0 Å². The fraction of sp³-hybridized carbons (Fsp3) is 0.474. The lowest BCUT2D eigenvalue weighted by molar-refractivity contribution is 0.129. The maximum absolute atomic E-state index is 14.5. The summed E-state index contributed by atoms with van der Waals surface area (Å²) in [4.78, 5) is 9.94. The van der Waals surface area contributed by atoms with Gasteiger partial charge in [-0.15, -0.1) is 0 Å². The van der Waals surface area contributed by atoms with Gasteiger partial charge >= 0.3 is 0 Å². The molecule has 1 aliphatic carbocycles. The van der Waals surface area contributed by atoms with Crippen LogP contribution in [0.15, 0.2) is 29.4 Å². The van der Waals surface area contributed by atoms with Crippen molar-refractivity contribution in [2.75, 3.05) is 13.1 Å². The Balaban J connectivity index is 1.51. The van der Waals surface area contributed by atoms with Gasteiger partial charge in [-0.05, 0) is 63.9 Å². The number of sulfone groups is 1. The summed E-state index contributed by atoms with van der Waals surface area (Å²) in [6.45, 7) is 3.20. The van der Waals surface area contributed by atoms with Gasteiger partial charge in [0.05, 0.1) is 15.7 Å². The Labute approximate surface area is 170 Å². The predicted octanol–water partition coefficient (Wildman–Crippen LogP) is 2.58. The average molecular weight is 417 g/mol. The first-order valence-corrected chi connectivity index (χ1v) is 11.1. The minimum absolute atomic E-state index is 0.0140. The lowest BCUT2D eigenvalue weighted by atomic mass is 10.0. The molecule has 2 aliphatic rings. The highest BCUT2D eigenvalue weighted by Gasteiger charge is 2.37. The van der Waals surface area contributed by atoms with Gasteiger partial charge in [-0.3, -0.25) is 0 Å². The van der Waals surface area contributed by atoms with Crippen molar-refractivity contribution in [1.82, 2.24) is 14.8 Å². The summed E-state index contributed by atoms with van der Waals surface area (Å²) in [6, 6.07) is 3.67. The molecule has 1 saturated carbocycles. The highest BCUT2D eigenvalue weighted by Crippen LogP contribution is 2.36. The molecule has 2 fully saturated rings. The zero-order chi connectivity index (χ0) is 20.6. The molecule has 29 heavy (non-hydrogen) atoms. The van der Waals surface area contributed by atoms with Crippen LogP contribution >= 0.6 is 0 Å². The third-order valence-electron chi connectivity index (χ3n) is 5.15. The summed E-state index contributed by atoms with van der Waals surface area (Å²) >= 11 is 0. The molecule has 0 bridgehead atoms. The zero-order valence-corrected chi connectivity index (χ0v) is 16.9. The lowest BCUT2D eigenvalue weighted by Crippen LogP contribution is -2.36. The van der Waals surface area contributed by atoms with Gasteiger partial charge in [0, 0.05) is 0 Å². The molecule has 1 aliphatic heterocycles. The molecule has 152 valence electrons. The van der Waals surface area contributed by atoms with Crippen LogP contribution in [-0.2, 0) is 9.84 Å². The van der Waals surface area contributed by atoms with Crippen LogP contribution in [0.5, 0.6) is 17.5 Å². The fourth-order valence-electron chi connectivity index (χ4n) is 3.21. The van der Waals surface area contributed by atoms with Crippen molar-refractivity contribution in [2.24, 2.45) is 0 Å². The number of halogens is 1. The van der Waals surface area contributed by atoms with Crippen LogP contribution in [0.4, 0.5) is 4.39 Å². The average Bonchev–Trinajstić information content (AvgIpc) is 3.54. The van der Waals surface area contributed by atoms with Crippen molar-refractivity contribution in [2.45, 2.75) is 48.9 Å². The van der Waals surface area contributed by atoms with Crippen molar-refractivity contribution in [3.63, 3.8) is 0 Å². The first-order chi connectivity index (χ1) is 13.8. The molecule has 0 N–H and O–H groups in total. The molecule has 1 aromatic heterocycles. The minimum Gasteiger partial charge on any atom is -0.474 e. The van der Waals surface area contributed by atoms with Crippen LogP contribution < -0.4 is 9.47 Å². The van der Waals surface area contributed by atoms with Gasteiger partial charge in [-0.2, -0.15) is 0 Å². The van der Waals surface area contributed by atoms with Crippen molar-refractivity contribution >= 4 is 17.8 Å². The second kappa shape index (κ2) is 7.91. The molecule has 2 heterocycles. The highest BCUT2D eigenvalue weighted by atomic mass is 32.2. The number of rotatable bonds is 6. The van der Waals surface area contributed by atoms with Crippen LogP contribution in [0.1, 0.15) is 31.2 Å². The summed E-state index contributed by atoms with van der Waals surface area (Å²) in [7, 11) is 2.29. The van der Waals surface area contributed by atoms with Crippen molar-refractivity contribution in [3.8, 4) is 17.5 Å². The zero-order valence-electron chi connectivity index (χ0n) is 16.0. The van der Waals surface area contributed by atoms with Gasteiger partial charge < -0.3 is 14.3 Å². The minimum atomic E-state index is -3.47. The number of hydrogen-bond acceptors (Lipinski definition) is 7. The number of hydrogen-bond donors (Lipinski definition) is 0. The largest absolute Gasteiger partial charge is 0.474 e. The standard InChI is InChI=1S/C19H21BFN3O4S/c1-12-18(27-13-6-8-24(20)9-7-13)22-11-23-19(12)28-17-5-4-15(10-16(17)21)29(25,26)14-2-3-14/h4-5,10-11,13-14H,2-3,6-9H2,1H3. The first kappa shape index (κ1) is 20.1. The predicted molar refractivity (Wildman–Crippen MR) is 104 cm³/mol. The third-order valence-corrected chi connectivity index (χ3v) is 7.41. The van der Waals surface area contributed by atoms with E-state index in [1.807, 2.05) is 0 Å². The molecule has 10 heteroatoms. The number of ether oxygens (including phenoxy) is 2. The Morgan fingerprint density at radius 3 is 2.48 bits per heavy atom. The molecule has 0 spiro atoms. The Kier molecular flexibility index (Phi) is 5.48. The number of nitrogens with zero attached hydrogens (tertiary/aromatic N) is 3. The smallest absolute Gasteiger partial charge is 0.229 e. The summed E-state index contributed by atoms with van der Waals surface area (Å²) in [6.07, 6.45) is 4.08. The summed E-state index contributed by atoms with van der Waals surface area (Å²) in [5, 5.41) is -0.399. The van der Waals surface area contributed by atoms with Gasteiger partial charge in [0.1, 0.15) is 12.4 Å². The molecular weight excluding hydrogens is 396 g/mol. The summed E-state index contributed by atoms with van der Waals surface area (Å²) in [5.74, 6) is -0.340. The second-order valence-corrected chi connectivity index (χ2v) is 9.63. The first-order valence-electron chi connectivity index (χ1n) is 9.54. The molecule has 7 nitrogen and oxygen atoms in total. The molecule has 1 aromatic carbocycles. The fourth-order valence-corrected chi connectivity index (χ4v) is 4.88. The summed E-state index contributed by atoms with van der Waals surface area (Å²) < 4.78 is 50.6. The van der Waals surface area contributed by atoms with Gasteiger partial charge in [-0.25, -0.2) is 22.8 Å². The van der Waals surface area contributed by atoms with E-state index in [0.717, 1.165) is 32.0 Å². The van der Waals surface area contributed by atoms with Crippen LogP contribution in [0, 0.1) is 12.7 Å². The van der Waals surface area contributed by atoms with E-state index < -0.39 is 20.9 Å². The summed E-state index contributed by atoms with van der Waals surface area (Å²) in [5.41, 5.74) is 0.539. The molecule has 2 aromatic rings. The lowest BCUT2D eigenvalue weighted by Gasteiger charge is -2.29. The van der Waals surface area contributed by atoms with E-state index in [-0.39, 0.29) is 22.6 Å².